The predicted molar refractivity (Wildman–Crippen MR) is 172 cm³/mol. The third-order valence-electron chi connectivity index (χ3n) is 2.93. The number of hydrogen-bond acceptors (Lipinski definition) is 0. The molecule has 0 aliphatic carbocycles. The molecule has 0 aliphatic heterocycles. The minimum atomic E-state index is -0.862. The monoisotopic (exact) mass is 624 g/mol. The normalized spacial score (nSPS) is 7.21. The van der Waals surface area contributed by atoms with E-state index >= 15 is 0 Å². The fraction of sp³-hybridized carbons (Fsp3) is 0.308. The molecule has 0 aliphatic rings. The molecule has 0 amide bonds. The van der Waals surface area contributed by atoms with Crippen LogP contribution in [0.3, 0.4) is 0 Å². The molecule has 2 rings (SSSR count). The maximum Gasteiger partial charge on any atom is 4.00 e. The Morgan fingerprint density at radius 2 is 0.576 bits per heavy atom. The largest absolute Gasteiger partial charge is 4.00 e. The maximum absolute atomic E-state index is 2.40. The Bertz CT molecular complexity index is 424. The molecule has 12 radical (unpaired) electrons. The van der Waals surface area contributed by atoms with Crippen LogP contribution < -0.4 is 0 Å². The molecule has 2 aromatic rings. The topological polar surface area (TPSA) is 0 Å². The van der Waals surface area contributed by atoms with Crippen LogP contribution in [0.2, 0.25) is 39.3 Å². The zero-order valence-corrected chi connectivity index (χ0v) is 33.0. The molecule has 7 heteroatoms. The van der Waals surface area contributed by atoms with Crippen LogP contribution in [0.15, 0.2) is 48.5 Å². The molecule has 0 spiro atoms. The first-order valence-electron chi connectivity index (χ1n) is 7.57. The summed E-state index contributed by atoms with van der Waals surface area (Å²) >= 11 is 0. The Hall–Kier alpha value is 0.884. The molecule has 0 unspecified atom stereocenters. The summed E-state index contributed by atoms with van der Waals surface area (Å²) in [6.07, 6.45) is 0. The second kappa shape index (κ2) is 40.1. The first kappa shape index (κ1) is 84.0. The van der Waals surface area contributed by atoms with Crippen LogP contribution in [0.25, 0.3) is 0 Å². The van der Waals surface area contributed by atoms with Crippen LogP contribution >= 0.6 is 0 Å². The standard InChI is InChI=1S/2C9H15Si.8CH3.4Si.Zr/c2*1-10(2,3)8-9-6-4-5-7-9;;;;;;;;;;;;;/h2*4-7H,8H2,1-3H3;8*1H3;;;;;/q14*-1;+4. The Labute approximate surface area is 254 Å². The maximum atomic E-state index is 2.40. The molecule has 0 nitrogen and oxygen atoms in total. The van der Waals surface area contributed by atoms with Crippen molar-refractivity contribution in [3.63, 3.8) is 0 Å². The van der Waals surface area contributed by atoms with E-state index < -0.39 is 16.1 Å². The van der Waals surface area contributed by atoms with Gasteiger partial charge in [-0.1, -0.05) is 51.4 Å². The summed E-state index contributed by atoms with van der Waals surface area (Å²) in [5, 5.41) is 0. The summed E-state index contributed by atoms with van der Waals surface area (Å²) in [5.74, 6) is 0. The molecule has 0 bridgehead atoms. The molecule has 196 valence electrons. The van der Waals surface area contributed by atoms with E-state index in [1.807, 2.05) is 0 Å². The smallest absolute Gasteiger partial charge is 1.00 e. The molecule has 2 aromatic carbocycles. The average Bonchev–Trinajstić information content (AvgIpc) is 2.87. The van der Waals surface area contributed by atoms with E-state index in [1.54, 1.807) is 0 Å². The van der Waals surface area contributed by atoms with E-state index in [0.29, 0.717) is 0 Å². The number of hydrogen-bond donors (Lipinski definition) is 0. The van der Waals surface area contributed by atoms with E-state index in [-0.39, 0.29) is 129 Å². The van der Waals surface area contributed by atoms with Gasteiger partial charge in [0.25, 0.3) is 0 Å². The van der Waals surface area contributed by atoms with Gasteiger partial charge >= 0.3 is 26.2 Å². The van der Waals surface area contributed by atoms with Crippen LogP contribution in [0, 0.1) is 59.4 Å². The van der Waals surface area contributed by atoms with Gasteiger partial charge in [-0.25, -0.2) is 24.3 Å². The van der Waals surface area contributed by atoms with Crippen molar-refractivity contribution >= 4 is 60.0 Å². The van der Waals surface area contributed by atoms with E-state index in [9.17, 15) is 0 Å². The summed E-state index contributed by atoms with van der Waals surface area (Å²) < 4.78 is 0. The molecule has 0 N–H and O–H groups in total. The molecular formula is C26H54Si6Zr-10. The van der Waals surface area contributed by atoms with Gasteiger partial charge in [-0.3, -0.25) is 0 Å². The fourth-order valence-corrected chi connectivity index (χ4v) is 5.21. The molecule has 33 heavy (non-hydrogen) atoms. The Balaban J connectivity index is -0.0000000158. The van der Waals surface area contributed by atoms with Gasteiger partial charge in [0, 0.05) is 16.1 Å². The fourth-order valence-electron chi connectivity index (χ4n) is 2.29. The Morgan fingerprint density at radius 3 is 0.697 bits per heavy atom. The Kier molecular flexibility index (Phi) is 102. The first-order chi connectivity index (χ1) is 9.16. The molecule has 0 aromatic heterocycles. The molecule has 0 saturated carbocycles. The van der Waals surface area contributed by atoms with Gasteiger partial charge < -0.3 is 103 Å². The van der Waals surface area contributed by atoms with Gasteiger partial charge in [0.05, 0.1) is 0 Å². The zero-order valence-electron chi connectivity index (χ0n) is 24.5. The molecule has 0 saturated heterocycles. The van der Waals surface area contributed by atoms with Gasteiger partial charge in [-0.15, -0.1) is 0 Å². The van der Waals surface area contributed by atoms with Crippen molar-refractivity contribution in [1.82, 2.24) is 0 Å². The van der Waals surface area contributed by atoms with Gasteiger partial charge in [-0.2, -0.15) is 35.4 Å². The van der Waals surface area contributed by atoms with Crippen LogP contribution in [-0.2, 0) is 38.3 Å². The van der Waals surface area contributed by atoms with E-state index in [0.717, 1.165) is 0 Å². The summed E-state index contributed by atoms with van der Waals surface area (Å²) in [4.78, 5) is 0. The third kappa shape index (κ3) is 50.7. The van der Waals surface area contributed by atoms with Crippen molar-refractivity contribution in [2.24, 2.45) is 0 Å². The first-order valence-corrected chi connectivity index (χ1v) is 15.0. The second-order valence-electron chi connectivity index (χ2n) is 8.06. The minimum absolute atomic E-state index is 0. The van der Waals surface area contributed by atoms with Crippen molar-refractivity contribution in [2.45, 2.75) is 51.4 Å². The van der Waals surface area contributed by atoms with Crippen molar-refractivity contribution in [1.29, 1.82) is 0 Å². The SMILES string of the molecule is C[Si](C)(C)C[c-]1cccc1.C[Si](C)(C)C[c-]1cccc1.[CH3-].[CH3-].[CH3-].[CH3-].[CH3-].[CH3-].[CH3-].[CH3-].[Si-].[Si-].[Si-].[Si-].[Zr+4]. The molecular weight excluding hydrogens is 572 g/mol. The van der Waals surface area contributed by atoms with Gasteiger partial charge in [0.1, 0.15) is 0 Å². The van der Waals surface area contributed by atoms with Crippen molar-refractivity contribution in [3.8, 4) is 0 Å². The number of rotatable bonds is 4. The van der Waals surface area contributed by atoms with Gasteiger partial charge in [-0.05, 0) is 0 Å². The van der Waals surface area contributed by atoms with Crippen molar-refractivity contribution in [2.75, 3.05) is 0 Å². The molecule has 0 fully saturated rings. The summed E-state index contributed by atoms with van der Waals surface area (Å²) in [6.45, 7) is 14.4. The van der Waals surface area contributed by atoms with E-state index in [1.165, 1.54) is 23.2 Å². The summed E-state index contributed by atoms with van der Waals surface area (Å²) in [7, 11) is -1.72. The third-order valence-corrected chi connectivity index (χ3v) is 5.87. The second-order valence-corrected chi connectivity index (χ2v) is 19.0. The molecule has 0 heterocycles. The van der Waals surface area contributed by atoms with Crippen LogP contribution in [-0.4, -0.2) is 60.0 Å². The average molecular weight is 626 g/mol. The Morgan fingerprint density at radius 1 is 0.424 bits per heavy atom. The van der Waals surface area contributed by atoms with Crippen LogP contribution in [0.1, 0.15) is 11.1 Å². The van der Waals surface area contributed by atoms with Crippen LogP contribution in [0.5, 0.6) is 0 Å². The quantitative estimate of drug-likeness (QED) is 0.241. The van der Waals surface area contributed by atoms with Crippen LogP contribution in [0.4, 0.5) is 0 Å². The van der Waals surface area contributed by atoms with Crippen molar-refractivity contribution < 1.29 is 26.2 Å². The zero-order chi connectivity index (χ0) is 15.2. The van der Waals surface area contributed by atoms with Crippen molar-refractivity contribution in [3.05, 3.63) is 119 Å². The van der Waals surface area contributed by atoms with Gasteiger partial charge in [0.15, 0.2) is 0 Å². The van der Waals surface area contributed by atoms with E-state index in [2.05, 4.69) is 87.8 Å². The van der Waals surface area contributed by atoms with E-state index in [4.69, 9.17) is 0 Å². The van der Waals surface area contributed by atoms with Gasteiger partial charge in [0.2, 0.25) is 0 Å². The molecule has 0 atom stereocenters. The summed E-state index contributed by atoms with van der Waals surface area (Å²) in [5.41, 5.74) is 3.03. The minimum Gasteiger partial charge on any atom is -1.00 e. The summed E-state index contributed by atoms with van der Waals surface area (Å²) in [6, 6.07) is 20.0. The predicted octanol–water partition coefficient (Wildman–Crippen LogP) is 7.73.